The van der Waals surface area contributed by atoms with Crippen molar-refractivity contribution in [3.63, 3.8) is 0 Å². The van der Waals surface area contributed by atoms with E-state index in [1.165, 1.54) is 6.07 Å². The van der Waals surface area contributed by atoms with Crippen molar-refractivity contribution in [2.45, 2.75) is 0 Å². The van der Waals surface area contributed by atoms with E-state index in [1.54, 1.807) is 24.3 Å². The van der Waals surface area contributed by atoms with Crippen LogP contribution in [0, 0.1) is 10.1 Å². The maximum Gasteiger partial charge on any atom is 0.289 e. The Morgan fingerprint density at radius 2 is 1.67 bits per heavy atom. The second-order valence-corrected chi connectivity index (χ2v) is 5.25. The summed E-state index contributed by atoms with van der Waals surface area (Å²) < 4.78 is 0. The lowest BCUT2D eigenvalue weighted by Crippen LogP contribution is -2.12. The van der Waals surface area contributed by atoms with Gasteiger partial charge in [-0.25, -0.2) is 0 Å². The van der Waals surface area contributed by atoms with Gasteiger partial charge in [-0.2, -0.15) is 0 Å². The first-order valence-corrected chi connectivity index (χ1v) is 6.72. The highest BCUT2D eigenvalue weighted by Gasteiger charge is 2.17. The lowest BCUT2D eigenvalue weighted by molar-refractivity contribution is -0.384. The summed E-state index contributed by atoms with van der Waals surface area (Å²) in [5.41, 5.74) is 0.225. The molecule has 1 N–H and O–H groups in total. The number of nitrogens with zero attached hydrogens (tertiary/aromatic N) is 1. The van der Waals surface area contributed by atoms with E-state index in [2.05, 4.69) is 5.32 Å². The van der Waals surface area contributed by atoms with E-state index in [1.807, 2.05) is 0 Å². The van der Waals surface area contributed by atoms with Gasteiger partial charge in [0.25, 0.3) is 11.6 Å². The highest BCUT2D eigenvalue weighted by Crippen LogP contribution is 2.34. The number of hydrogen-bond acceptors (Lipinski definition) is 3. The Kier molecular flexibility index (Phi) is 4.67. The third-order valence-corrected chi connectivity index (χ3v) is 3.46. The van der Waals surface area contributed by atoms with Crippen molar-refractivity contribution in [1.82, 2.24) is 0 Å². The molecule has 5 nitrogen and oxygen atoms in total. The lowest BCUT2D eigenvalue weighted by Gasteiger charge is -2.08. The predicted molar refractivity (Wildman–Crippen MR) is 82.5 cm³/mol. The van der Waals surface area contributed by atoms with E-state index in [0.29, 0.717) is 10.6 Å². The average molecular weight is 346 g/mol. The summed E-state index contributed by atoms with van der Waals surface area (Å²) in [6.45, 7) is 0. The molecule has 0 saturated heterocycles. The molecule has 2 rings (SSSR count). The quantitative estimate of drug-likeness (QED) is 0.641. The van der Waals surface area contributed by atoms with Crippen molar-refractivity contribution >= 4 is 52.1 Å². The molecule has 0 saturated carbocycles. The van der Waals surface area contributed by atoms with Gasteiger partial charge < -0.3 is 5.32 Å². The molecular weight excluding hydrogens is 339 g/mol. The number of anilines is 1. The number of nitrogens with one attached hydrogen (secondary N) is 1. The summed E-state index contributed by atoms with van der Waals surface area (Å²) in [6, 6.07) is 8.54. The molecule has 0 bridgehead atoms. The molecule has 0 spiro atoms. The average Bonchev–Trinajstić information content (AvgIpc) is 2.42. The fourth-order valence-electron chi connectivity index (χ4n) is 1.57. The Labute approximate surface area is 134 Å². The zero-order valence-corrected chi connectivity index (χ0v) is 12.5. The van der Waals surface area contributed by atoms with E-state index >= 15 is 0 Å². The summed E-state index contributed by atoms with van der Waals surface area (Å²) in [6.07, 6.45) is 0. The normalized spacial score (nSPS) is 10.2. The number of benzene rings is 2. The van der Waals surface area contributed by atoms with Gasteiger partial charge in [-0.15, -0.1) is 0 Å². The van der Waals surface area contributed by atoms with Gasteiger partial charge in [0.2, 0.25) is 0 Å². The van der Waals surface area contributed by atoms with Crippen LogP contribution in [0.25, 0.3) is 0 Å². The highest BCUT2D eigenvalue weighted by atomic mass is 35.5. The van der Waals surface area contributed by atoms with Crippen molar-refractivity contribution in [2.24, 2.45) is 0 Å². The Balaban J connectivity index is 2.27. The van der Waals surface area contributed by atoms with Gasteiger partial charge in [0.1, 0.15) is 5.02 Å². The molecule has 0 unspecified atom stereocenters. The van der Waals surface area contributed by atoms with Gasteiger partial charge >= 0.3 is 0 Å². The third kappa shape index (κ3) is 3.64. The maximum atomic E-state index is 12.0. The molecule has 108 valence electrons. The first-order valence-electron chi connectivity index (χ1n) is 5.59. The molecule has 0 atom stereocenters. The number of amides is 1. The number of carbonyl (C=O) groups is 1. The summed E-state index contributed by atoms with van der Waals surface area (Å²) >= 11 is 17.4. The number of nitro benzene ring substituents is 1. The zero-order valence-electron chi connectivity index (χ0n) is 10.3. The first kappa shape index (κ1) is 15.6. The predicted octanol–water partition coefficient (Wildman–Crippen LogP) is 4.81. The fraction of sp³-hybridized carbons (Fsp3) is 0. The van der Waals surface area contributed by atoms with Crippen LogP contribution in [-0.2, 0) is 0 Å². The largest absolute Gasteiger partial charge is 0.321 e. The molecule has 0 heterocycles. The summed E-state index contributed by atoms with van der Waals surface area (Å²) in [5, 5.41) is 13.7. The van der Waals surface area contributed by atoms with E-state index in [-0.39, 0.29) is 21.4 Å². The summed E-state index contributed by atoms with van der Waals surface area (Å²) in [7, 11) is 0. The van der Waals surface area contributed by atoms with Crippen LogP contribution in [0.1, 0.15) is 10.4 Å². The molecule has 0 aromatic heterocycles. The Morgan fingerprint density at radius 1 is 1.05 bits per heavy atom. The molecule has 2 aromatic carbocycles. The van der Waals surface area contributed by atoms with Crippen LogP contribution in [0.2, 0.25) is 15.1 Å². The van der Waals surface area contributed by atoms with E-state index in [4.69, 9.17) is 34.8 Å². The number of rotatable bonds is 3. The third-order valence-electron chi connectivity index (χ3n) is 2.59. The van der Waals surface area contributed by atoms with Crippen molar-refractivity contribution in [3.05, 3.63) is 67.1 Å². The van der Waals surface area contributed by atoms with Gasteiger partial charge in [-0.3, -0.25) is 14.9 Å². The van der Waals surface area contributed by atoms with Gasteiger partial charge in [0.15, 0.2) is 0 Å². The molecule has 0 radical (unpaired) electrons. The van der Waals surface area contributed by atoms with Crippen LogP contribution in [0.15, 0.2) is 36.4 Å². The summed E-state index contributed by atoms with van der Waals surface area (Å²) in [5.74, 6) is -0.432. The van der Waals surface area contributed by atoms with Crippen molar-refractivity contribution in [2.75, 3.05) is 5.32 Å². The molecule has 0 aliphatic heterocycles. The van der Waals surface area contributed by atoms with Gasteiger partial charge in [0.05, 0.1) is 15.6 Å². The molecule has 0 aliphatic carbocycles. The second-order valence-electron chi connectivity index (χ2n) is 4.00. The molecule has 21 heavy (non-hydrogen) atoms. The van der Waals surface area contributed by atoms with E-state index < -0.39 is 10.8 Å². The molecule has 0 fully saturated rings. The Hall–Kier alpha value is -1.82. The Morgan fingerprint density at radius 3 is 2.24 bits per heavy atom. The lowest BCUT2D eigenvalue weighted by atomic mass is 10.2. The minimum absolute atomic E-state index is 0.0217. The van der Waals surface area contributed by atoms with Gasteiger partial charge in [0, 0.05) is 16.7 Å². The van der Waals surface area contributed by atoms with Crippen LogP contribution in [0.4, 0.5) is 11.4 Å². The van der Waals surface area contributed by atoms with Crippen LogP contribution in [-0.4, -0.2) is 10.8 Å². The topological polar surface area (TPSA) is 72.2 Å². The van der Waals surface area contributed by atoms with Crippen molar-refractivity contribution in [3.8, 4) is 0 Å². The molecule has 1 amide bonds. The Bertz CT molecular complexity index is 717. The van der Waals surface area contributed by atoms with Crippen LogP contribution in [0.3, 0.4) is 0 Å². The van der Waals surface area contributed by atoms with Crippen molar-refractivity contribution in [1.29, 1.82) is 0 Å². The molecule has 0 aliphatic rings. The molecule has 8 heteroatoms. The number of carbonyl (C=O) groups excluding carboxylic acids is 1. The minimum Gasteiger partial charge on any atom is -0.321 e. The first-order chi connectivity index (χ1) is 9.88. The molecule has 2 aromatic rings. The smallest absolute Gasteiger partial charge is 0.289 e. The van der Waals surface area contributed by atoms with E-state index in [0.717, 1.165) is 6.07 Å². The van der Waals surface area contributed by atoms with E-state index in [9.17, 15) is 14.9 Å². The molecular formula is C13H7Cl3N2O3. The summed E-state index contributed by atoms with van der Waals surface area (Å²) in [4.78, 5) is 22.1. The number of hydrogen-bond donors (Lipinski definition) is 1. The highest BCUT2D eigenvalue weighted by molar-refractivity contribution is 6.37. The maximum absolute atomic E-state index is 12.0. The second kappa shape index (κ2) is 6.30. The SMILES string of the molecule is O=C(Nc1cc(Cl)c([N+](=O)[O-])cc1Cl)c1ccc(Cl)cc1. The number of nitro groups is 1. The van der Waals surface area contributed by atoms with Gasteiger partial charge in [-0.1, -0.05) is 34.8 Å². The van der Waals surface area contributed by atoms with Crippen LogP contribution in [0.5, 0.6) is 0 Å². The zero-order chi connectivity index (χ0) is 15.6. The fourth-order valence-corrected chi connectivity index (χ4v) is 2.13. The van der Waals surface area contributed by atoms with Crippen molar-refractivity contribution < 1.29 is 9.72 Å². The van der Waals surface area contributed by atoms with Crippen LogP contribution >= 0.6 is 34.8 Å². The minimum atomic E-state index is -0.654. The standard InChI is InChI=1S/C13H7Cl3N2O3/c14-8-3-1-7(2-4-8)13(19)17-11-5-10(16)12(18(20)21)6-9(11)15/h1-6H,(H,17,19). The van der Waals surface area contributed by atoms with Gasteiger partial charge in [-0.05, 0) is 30.3 Å². The number of halogens is 3. The van der Waals surface area contributed by atoms with Crippen LogP contribution < -0.4 is 5.32 Å². The monoisotopic (exact) mass is 344 g/mol.